The van der Waals surface area contributed by atoms with Gasteiger partial charge in [-0.15, -0.1) is 11.3 Å². The van der Waals surface area contributed by atoms with Crippen LogP contribution < -0.4 is 0 Å². The third-order valence-electron chi connectivity index (χ3n) is 3.31. The van der Waals surface area contributed by atoms with Gasteiger partial charge in [0.25, 0.3) is 0 Å². The van der Waals surface area contributed by atoms with E-state index in [1.807, 2.05) is 11.8 Å². The molecular formula is C14H14FN3S. The Morgan fingerprint density at radius 3 is 3.05 bits per heavy atom. The summed E-state index contributed by atoms with van der Waals surface area (Å²) in [4.78, 5) is 6.39. The van der Waals surface area contributed by atoms with E-state index in [0.29, 0.717) is 12.4 Å². The maximum atomic E-state index is 13.2. The van der Waals surface area contributed by atoms with E-state index in [0.717, 1.165) is 34.8 Å². The summed E-state index contributed by atoms with van der Waals surface area (Å²) in [5.74, 6) is 0.141. The Labute approximate surface area is 115 Å². The molecule has 2 aromatic rings. The number of hydrogen-bond acceptors (Lipinski definition) is 3. The van der Waals surface area contributed by atoms with Gasteiger partial charge < -0.3 is 4.90 Å². The second-order valence-corrected chi connectivity index (χ2v) is 5.74. The highest BCUT2D eigenvalue weighted by atomic mass is 32.1. The third kappa shape index (κ3) is 2.38. The van der Waals surface area contributed by atoms with Crippen LogP contribution in [-0.4, -0.2) is 22.3 Å². The maximum absolute atomic E-state index is 13.2. The van der Waals surface area contributed by atoms with Gasteiger partial charge in [0.1, 0.15) is 11.7 Å². The molecule has 0 bridgehead atoms. The Morgan fingerprint density at radius 1 is 1.47 bits per heavy atom. The molecule has 0 amide bonds. The van der Waals surface area contributed by atoms with Gasteiger partial charge in [0, 0.05) is 30.5 Å². The minimum atomic E-state index is -0.277. The minimum absolute atomic E-state index is 0.277. The van der Waals surface area contributed by atoms with Crippen molar-refractivity contribution >= 4 is 17.2 Å². The Kier molecular flexibility index (Phi) is 3.06. The number of fused-ring (bicyclic) bond motifs is 1. The van der Waals surface area contributed by atoms with E-state index < -0.39 is 0 Å². The van der Waals surface area contributed by atoms with Gasteiger partial charge >= 0.3 is 0 Å². The molecule has 3 nitrogen and oxygen atoms in total. The molecule has 1 aliphatic heterocycles. The van der Waals surface area contributed by atoms with Crippen molar-refractivity contribution in [3.63, 3.8) is 0 Å². The quantitative estimate of drug-likeness (QED) is 0.935. The molecule has 2 heterocycles. The predicted octanol–water partition coefficient (Wildman–Crippen LogP) is 2.97. The molecule has 98 valence electrons. The fourth-order valence-electron chi connectivity index (χ4n) is 2.33. The van der Waals surface area contributed by atoms with Crippen molar-refractivity contribution in [2.75, 3.05) is 6.54 Å². The topological polar surface area (TPSA) is 40.0 Å². The number of thiazole rings is 1. The number of benzene rings is 1. The second-order valence-electron chi connectivity index (χ2n) is 4.68. The molecular weight excluding hydrogens is 261 g/mol. The first-order valence-corrected chi connectivity index (χ1v) is 7.05. The van der Waals surface area contributed by atoms with Gasteiger partial charge in [-0.1, -0.05) is 6.07 Å². The Hall–Kier alpha value is -1.75. The summed E-state index contributed by atoms with van der Waals surface area (Å²) in [5, 5.41) is 11.2. The molecule has 5 heteroatoms. The van der Waals surface area contributed by atoms with E-state index in [9.17, 15) is 4.39 Å². The summed E-state index contributed by atoms with van der Waals surface area (Å²) >= 11 is 1.64. The average molecular weight is 275 g/mol. The molecule has 1 N–H and O–H groups in total. The number of amidine groups is 1. The van der Waals surface area contributed by atoms with E-state index >= 15 is 0 Å². The fourth-order valence-corrected chi connectivity index (χ4v) is 2.97. The molecule has 0 aliphatic carbocycles. The molecule has 0 radical (unpaired) electrons. The molecule has 1 aliphatic rings. The number of nitrogens with zero attached hydrogens (tertiary/aromatic N) is 2. The summed E-state index contributed by atoms with van der Waals surface area (Å²) in [7, 11) is 0. The molecule has 0 saturated heterocycles. The van der Waals surface area contributed by atoms with Gasteiger partial charge in [-0.3, -0.25) is 5.41 Å². The lowest BCUT2D eigenvalue weighted by atomic mass is 10.1. The van der Waals surface area contributed by atoms with Crippen molar-refractivity contribution in [3.05, 3.63) is 51.2 Å². The molecule has 19 heavy (non-hydrogen) atoms. The van der Waals surface area contributed by atoms with Crippen LogP contribution in [0.1, 0.15) is 21.8 Å². The van der Waals surface area contributed by atoms with E-state index in [4.69, 9.17) is 5.41 Å². The van der Waals surface area contributed by atoms with Gasteiger partial charge in [0.2, 0.25) is 0 Å². The van der Waals surface area contributed by atoms with Crippen LogP contribution in [0.2, 0.25) is 0 Å². The number of aryl methyl sites for hydroxylation is 1. The molecule has 0 atom stereocenters. The number of aromatic nitrogens is 1. The number of nitrogens with one attached hydrogen (secondary N) is 1. The van der Waals surface area contributed by atoms with Gasteiger partial charge in [-0.05, 0) is 24.6 Å². The molecule has 0 fully saturated rings. The van der Waals surface area contributed by atoms with Crippen molar-refractivity contribution in [1.29, 1.82) is 5.41 Å². The Bertz CT molecular complexity index is 635. The summed E-state index contributed by atoms with van der Waals surface area (Å²) in [5.41, 5.74) is 2.81. The van der Waals surface area contributed by atoms with Crippen molar-refractivity contribution < 1.29 is 4.39 Å². The standard InChI is InChI=1S/C14H14FN3S/c1-9-17-12(8-19-9)4-5-18-7-10-2-3-11(15)6-13(10)14(18)16/h2-3,6,8,16H,4-5,7H2,1H3. The van der Waals surface area contributed by atoms with Gasteiger partial charge in [-0.2, -0.15) is 0 Å². The van der Waals surface area contributed by atoms with Gasteiger partial charge in [0.05, 0.1) is 10.7 Å². The molecule has 0 unspecified atom stereocenters. The zero-order valence-electron chi connectivity index (χ0n) is 10.6. The first-order chi connectivity index (χ1) is 9.13. The smallest absolute Gasteiger partial charge is 0.128 e. The highest BCUT2D eigenvalue weighted by Gasteiger charge is 2.24. The minimum Gasteiger partial charge on any atom is -0.352 e. The lowest BCUT2D eigenvalue weighted by molar-refractivity contribution is 0.430. The normalized spacial score (nSPS) is 14.0. The number of halogens is 1. The van der Waals surface area contributed by atoms with Crippen LogP contribution in [0.4, 0.5) is 4.39 Å². The zero-order chi connectivity index (χ0) is 13.4. The first-order valence-electron chi connectivity index (χ1n) is 6.17. The Balaban J connectivity index is 1.70. The second kappa shape index (κ2) is 4.74. The molecule has 0 saturated carbocycles. The summed E-state index contributed by atoms with van der Waals surface area (Å²) in [6, 6.07) is 4.68. The van der Waals surface area contributed by atoms with Crippen LogP contribution in [0, 0.1) is 18.2 Å². The average Bonchev–Trinajstić information content (AvgIpc) is 2.93. The zero-order valence-corrected chi connectivity index (χ0v) is 11.4. The predicted molar refractivity (Wildman–Crippen MR) is 74.2 cm³/mol. The first kappa shape index (κ1) is 12.3. The summed E-state index contributed by atoms with van der Waals surface area (Å²) in [6.45, 7) is 3.43. The lowest BCUT2D eigenvalue weighted by Crippen LogP contribution is -2.26. The fraction of sp³-hybridized carbons (Fsp3) is 0.286. The Morgan fingerprint density at radius 2 is 2.32 bits per heavy atom. The van der Waals surface area contributed by atoms with E-state index in [2.05, 4.69) is 10.4 Å². The third-order valence-corrected chi connectivity index (χ3v) is 4.13. The van der Waals surface area contributed by atoms with Gasteiger partial charge in [0.15, 0.2) is 0 Å². The highest BCUT2D eigenvalue weighted by molar-refractivity contribution is 7.09. The van der Waals surface area contributed by atoms with E-state index in [-0.39, 0.29) is 5.82 Å². The molecule has 1 aromatic heterocycles. The van der Waals surface area contributed by atoms with E-state index in [1.54, 1.807) is 17.4 Å². The monoisotopic (exact) mass is 275 g/mol. The van der Waals surface area contributed by atoms with Crippen LogP contribution in [0.15, 0.2) is 23.6 Å². The molecule has 1 aromatic carbocycles. The molecule has 0 spiro atoms. The van der Waals surface area contributed by atoms with Crippen molar-refractivity contribution in [2.45, 2.75) is 19.9 Å². The van der Waals surface area contributed by atoms with Crippen LogP contribution in [0.5, 0.6) is 0 Å². The van der Waals surface area contributed by atoms with Crippen LogP contribution in [-0.2, 0) is 13.0 Å². The lowest BCUT2D eigenvalue weighted by Gasteiger charge is -2.16. The van der Waals surface area contributed by atoms with Crippen molar-refractivity contribution in [3.8, 4) is 0 Å². The summed E-state index contributed by atoms with van der Waals surface area (Å²) in [6.07, 6.45) is 0.823. The van der Waals surface area contributed by atoms with Crippen molar-refractivity contribution in [2.24, 2.45) is 0 Å². The number of rotatable bonds is 3. The summed E-state index contributed by atoms with van der Waals surface area (Å²) < 4.78 is 13.2. The highest BCUT2D eigenvalue weighted by Crippen LogP contribution is 2.23. The van der Waals surface area contributed by atoms with E-state index in [1.165, 1.54) is 12.1 Å². The van der Waals surface area contributed by atoms with Crippen LogP contribution >= 0.6 is 11.3 Å². The van der Waals surface area contributed by atoms with Gasteiger partial charge in [-0.25, -0.2) is 9.37 Å². The SMILES string of the molecule is Cc1nc(CCN2Cc3ccc(F)cc3C2=N)cs1. The maximum Gasteiger partial charge on any atom is 0.128 e. The van der Waals surface area contributed by atoms with Crippen LogP contribution in [0.25, 0.3) is 0 Å². The van der Waals surface area contributed by atoms with Crippen LogP contribution in [0.3, 0.4) is 0 Å². The van der Waals surface area contributed by atoms with Crippen molar-refractivity contribution in [1.82, 2.24) is 9.88 Å². The largest absolute Gasteiger partial charge is 0.352 e. The molecule has 3 rings (SSSR count). The number of hydrogen-bond donors (Lipinski definition) is 1.